The van der Waals surface area contributed by atoms with E-state index in [1.165, 1.54) is 25.3 Å². The number of piperidine rings is 1. The highest BCUT2D eigenvalue weighted by molar-refractivity contribution is 5.22. The van der Waals surface area contributed by atoms with Gasteiger partial charge in [0.15, 0.2) is 0 Å². The lowest BCUT2D eigenvalue weighted by Gasteiger charge is -2.32. The van der Waals surface area contributed by atoms with Crippen molar-refractivity contribution in [2.24, 2.45) is 0 Å². The van der Waals surface area contributed by atoms with E-state index in [-0.39, 0.29) is 12.1 Å². The SMILES string of the molecule is CC(CNCC(O)c1c(F)cccc1F)N1CCCCC1. The molecule has 1 saturated heterocycles. The average Bonchev–Trinajstić information content (AvgIpc) is 2.48. The number of rotatable bonds is 6. The van der Waals surface area contributed by atoms with Crippen LogP contribution in [0.3, 0.4) is 0 Å². The maximum absolute atomic E-state index is 13.5. The van der Waals surface area contributed by atoms with Crippen LogP contribution in [-0.2, 0) is 0 Å². The predicted octanol–water partition coefficient (Wildman–Crippen LogP) is 2.46. The summed E-state index contributed by atoms with van der Waals surface area (Å²) >= 11 is 0. The van der Waals surface area contributed by atoms with E-state index in [0.717, 1.165) is 25.2 Å². The summed E-state index contributed by atoms with van der Waals surface area (Å²) in [5.41, 5.74) is -0.254. The van der Waals surface area contributed by atoms with Crippen LogP contribution in [0.2, 0.25) is 0 Å². The number of benzene rings is 1. The molecule has 2 N–H and O–H groups in total. The summed E-state index contributed by atoms with van der Waals surface area (Å²) in [6.07, 6.45) is 2.59. The molecule has 2 unspecified atom stereocenters. The minimum absolute atomic E-state index is 0.149. The second-order valence-corrected chi connectivity index (χ2v) is 5.76. The Hall–Kier alpha value is -1.04. The van der Waals surface area contributed by atoms with E-state index in [4.69, 9.17) is 0 Å². The molecule has 0 saturated carbocycles. The van der Waals surface area contributed by atoms with Gasteiger partial charge < -0.3 is 10.4 Å². The zero-order valence-electron chi connectivity index (χ0n) is 12.5. The van der Waals surface area contributed by atoms with Crippen molar-refractivity contribution < 1.29 is 13.9 Å². The molecule has 2 atom stereocenters. The molecule has 118 valence electrons. The first-order chi connectivity index (χ1) is 10.1. The van der Waals surface area contributed by atoms with Gasteiger partial charge in [0.1, 0.15) is 11.6 Å². The molecule has 1 aromatic rings. The van der Waals surface area contributed by atoms with Crippen molar-refractivity contribution in [3.05, 3.63) is 35.4 Å². The highest BCUT2D eigenvalue weighted by Crippen LogP contribution is 2.20. The van der Waals surface area contributed by atoms with Gasteiger partial charge in [-0.2, -0.15) is 0 Å². The Morgan fingerprint density at radius 1 is 1.14 bits per heavy atom. The van der Waals surface area contributed by atoms with Crippen molar-refractivity contribution >= 4 is 0 Å². The van der Waals surface area contributed by atoms with Crippen LogP contribution in [0.25, 0.3) is 0 Å². The Kier molecular flexibility index (Phi) is 6.08. The van der Waals surface area contributed by atoms with Crippen LogP contribution < -0.4 is 5.32 Å². The summed E-state index contributed by atoms with van der Waals surface area (Å²) in [6, 6.07) is 3.99. The van der Waals surface area contributed by atoms with Gasteiger partial charge in [-0.15, -0.1) is 0 Å². The fourth-order valence-electron chi connectivity index (χ4n) is 2.85. The van der Waals surface area contributed by atoms with Gasteiger partial charge in [-0.05, 0) is 45.0 Å². The molecule has 1 heterocycles. The quantitative estimate of drug-likeness (QED) is 0.847. The molecule has 1 aliphatic heterocycles. The largest absolute Gasteiger partial charge is 0.387 e. The van der Waals surface area contributed by atoms with Gasteiger partial charge in [-0.25, -0.2) is 8.78 Å². The molecule has 0 bridgehead atoms. The van der Waals surface area contributed by atoms with E-state index < -0.39 is 17.7 Å². The van der Waals surface area contributed by atoms with Crippen molar-refractivity contribution in [1.82, 2.24) is 10.2 Å². The standard InChI is InChI=1S/C16H24F2N2O/c1-12(20-8-3-2-4-9-20)10-19-11-15(21)16-13(17)6-5-7-14(16)18/h5-7,12,15,19,21H,2-4,8-11H2,1H3. The van der Waals surface area contributed by atoms with Crippen LogP contribution in [0.15, 0.2) is 18.2 Å². The number of aliphatic hydroxyl groups excluding tert-OH is 1. The minimum Gasteiger partial charge on any atom is -0.387 e. The number of halogens is 2. The van der Waals surface area contributed by atoms with Gasteiger partial charge in [0.25, 0.3) is 0 Å². The van der Waals surface area contributed by atoms with Crippen molar-refractivity contribution in [3.8, 4) is 0 Å². The molecule has 3 nitrogen and oxygen atoms in total. The molecule has 0 spiro atoms. The molecule has 0 aromatic heterocycles. The summed E-state index contributed by atoms with van der Waals surface area (Å²) < 4.78 is 27.1. The minimum atomic E-state index is -1.17. The number of aliphatic hydroxyl groups is 1. The Bertz CT molecular complexity index is 430. The molecule has 0 amide bonds. The number of likely N-dealkylation sites (tertiary alicyclic amines) is 1. The molecular weight excluding hydrogens is 274 g/mol. The first-order valence-electron chi connectivity index (χ1n) is 7.66. The zero-order valence-corrected chi connectivity index (χ0v) is 12.5. The maximum atomic E-state index is 13.5. The van der Waals surface area contributed by atoms with Crippen LogP contribution in [0.5, 0.6) is 0 Å². The van der Waals surface area contributed by atoms with Gasteiger partial charge in [0.05, 0.1) is 11.7 Å². The van der Waals surface area contributed by atoms with E-state index >= 15 is 0 Å². The van der Waals surface area contributed by atoms with Crippen molar-refractivity contribution in [1.29, 1.82) is 0 Å². The first kappa shape index (κ1) is 16.3. The van der Waals surface area contributed by atoms with Crippen LogP contribution in [0.4, 0.5) is 8.78 Å². The molecule has 1 fully saturated rings. The second-order valence-electron chi connectivity index (χ2n) is 5.76. The van der Waals surface area contributed by atoms with Crippen molar-refractivity contribution in [3.63, 3.8) is 0 Å². The number of hydrogen-bond acceptors (Lipinski definition) is 3. The zero-order chi connectivity index (χ0) is 15.2. The monoisotopic (exact) mass is 298 g/mol. The first-order valence-corrected chi connectivity index (χ1v) is 7.66. The molecule has 21 heavy (non-hydrogen) atoms. The molecule has 5 heteroatoms. The Morgan fingerprint density at radius 2 is 1.76 bits per heavy atom. The summed E-state index contributed by atoms with van der Waals surface area (Å²) in [7, 11) is 0. The van der Waals surface area contributed by atoms with Crippen LogP contribution in [0.1, 0.15) is 37.9 Å². The average molecular weight is 298 g/mol. The summed E-state index contributed by atoms with van der Waals surface area (Å²) in [6.45, 7) is 5.19. The Labute approximate surface area is 125 Å². The van der Waals surface area contributed by atoms with E-state index in [9.17, 15) is 13.9 Å². The topological polar surface area (TPSA) is 35.5 Å². The third-order valence-corrected chi connectivity index (χ3v) is 4.12. The normalized spacial score (nSPS) is 19.4. The highest BCUT2D eigenvalue weighted by atomic mass is 19.1. The fourth-order valence-corrected chi connectivity index (χ4v) is 2.85. The van der Waals surface area contributed by atoms with Gasteiger partial charge in [-0.3, -0.25) is 4.90 Å². The number of nitrogens with zero attached hydrogens (tertiary/aromatic N) is 1. The van der Waals surface area contributed by atoms with Crippen molar-refractivity contribution in [2.75, 3.05) is 26.2 Å². The molecule has 0 radical (unpaired) electrons. The third-order valence-electron chi connectivity index (χ3n) is 4.12. The molecule has 1 aliphatic rings. The Balaban J connectivity index is 1.80. The van der Waals surface area contributed by atoms with Crippen LogP contribution in [0, 0.1) is 11.6 Å². The maximum Gasteiger partial charge on any atom is 0.131 e. The Morgan fingerprint density at radius 3 is 2.38 bits per heavy atom. The molecule has 0 aliphatic carbocycles. The molecule has 2 rings (SSSR count). The second kappa shape index (κ2) is 7.82. The van der Waals surface area contributed by atoms with E-state index in [1.54, 1.807) is 0 Å². The van der Waals surface area contributed by atoms with Crippen LogP contribution in [-0.4, -0.2) is 42.2 Å². The van der Waals surface area contributed by atoms with E-state index in [1.807, 2.05) is 0 Å². The van der Waals surface area contributed by atoms with Gasteiger partial charge in [0.2, 0.25) is 0 Å². The van der Waals surface area contributed by atoms with Gasteiger partial charge >= 0.3 is 0 Å². The van der Waals surface area contributed by atoms with E-state index in [0.29, 0.717) is 12.6 Å². The molecule has 1 aromatic carbocycles. The highest BCUT2D eigenvalue weighted by Gasteiger charge is 2.19. The lowest BCUT2D eigenvalue weighted by molar-refractivity contribution is 0.146. The lowest BCUT2D eigenvalue weighted by Crippen LogP contribution is -2.43. The van der Waals surface area contributed by atoms with E-state index in [2.05, 4.69) is 17.1 Å². The van der Waals surface area contributed by atoms with Crippen molar-refractivity contribution in [2.45, 2.75) is 38.3 Å². The summed E-state index contributed by atoms with van der Waals surface area (Å²) in [5, 5.41) is 13.1. The lowest BCUT2D eigenvalue weighted by atomic mass is 10.1. The molecular formula is C16H24F2N2O. The predicted molar refractivity (Wildman–Crippen MR) is 79.1 cm³/mol. The van der Waals surface area contributed by atoms with Gasteiger partial charge in [-0.1, -0.05) is 12.5 Å². The fraction of sp³-hybridized carbons (Fsp3) is 0.625. The summed E-state index contributed by atoms with van der Waals surface area (Å²) in [4.78, 5) is 2.41. The van der Waals surface area contributed by atoms with Gasteiger partial charge in [0, 0.05) is 19.1 Å². The smallest absolute Gasteiger partial charge is 0.131 e. The summed E-state index contributed by atoms with van der Waals surface area (Å²) in [5.74, 6) is -1.40. The van der Waals surface area contributed by atoms with Crippen LogP contribution >= 0.6 is 0 Å². The third kappa shape index (κ3) is 4.46. The number of hydrogen-bond donors (Lipinski definition) is 2. The number of nitrogens with one attached hydrogen (secondary N) is 1.